The summed E-state index contributed by atoms with van der Waals surface area (Å²) in [6.07, 6.45) is 1.63. The van der Waals surface area contributed by atoms with Crippen molar-refractivity contribution in [2.45, 2.75) is 0 Å². The fraction of sp³-hybridized carbons (Fsp3) is 0.0909. The Morgan fingerprint density at radius 2 is 2.12 bits per heavy atom. The quantitative estimate of drug-likeness (QED) is 0.774. The van der Waals surface area contributed by atoms with Crippen molar-refractivity contribution in [1.82, 2.24) is 10.2 Å². The Labute approximate surface area is 103 Å². The van der Waals surface area contributed by atoms with Crippen molar-refractivity contribution < 1.29 is 4.79 Å². The lowest BCUT2D eigenvalue weighted by molar-refractivity contribution is -0.114. The van der Waals surface area contributed by atoms with Crippen LogP contribution in [0.15, 0.2) is 30.5 Å². The number of aromatic nitrogens is 2. The molecule has 0 saturated carbocycles. The highest BCUT2D eigenvalue weighted by Crippen LogP contribution is 2.26. The molecule has 0 aliphatic heterocycles. The van der Waals surface area contributed by atoms with E-state index in [1.807, 2.05) is 12.1 Å². The lowest BCUT2D eigenvalue weighted by Gasteiger charge is -2.04. The first-order chi connectivity index (χ1) is 8.20. The van der Waals surface area contributed by atoms with Gasteiger partial charge in [0.15, 0.2) is 0 Å². The third-order valence-corrected chi connectivity index (χ3v) is 2.50. The van der Waals surface area contributed by atoms with E-state index in [-0.39, 0.29) is 12.5 Å². The maximum Gasteiger partial charge on any atom is 0.239 e. The van der Waals surface area contributed by atoms with Gasteiger partial charge in [0.1, 0.15) is 5.82 Å². The number of carbonyl (C=O) groups is 1. The van der Waals surface area contributed by atoms with Gasteiger partial charge in [-0.2, -0.15) is 5.10 Å². The molecule has 4 N–H and O–H groups in total. The molecule has 0 saturated heterocycles. The second-order valence-corrected chi connectivity index (χ2v) is 3.85. The van der Waals surface area contributed by atoms with Gasteiger partial charge in [0.2, 0.25) is 5.91 Å². The highest BCUT2D eigenvalue weighted by atomic mass is 35.5. The first kappa shape index (κ1) is 11.6. The Balaban J connectivity index is 2.30. The van der Waals surface area contributed by atoms with Crippen LogP contribution in [0, 0.1) is 0 Å². The SMILES string of the molecule is NCC(=O)Nc1[nH]ncc1-c1ccc(Cl)cc1. The smallest absolute Gasteiger partial charge is 0.239 e. The lowest BCUT2D eigenvalue weighted by Crippen LogP contribution is -2.22. The summed E-state index contributed by atoms with van der Waals surface area (Å²) in [6, 6.07) is 7.26. The molecule has 1 heterocycles. The maximum atomic E-state index is 11.2. The molecule has 0 spiro atoms. The number of nitrogens with two attached hydrogens (primary N) is 1. The van der Waals surface area contributed by atoms with Gasteiger partial charge >= 0.3 is 0 Å². The average Bonchev–Trinajstić information content (AvgIpc) is 2.78. The van der Waals surface area contributed by atoms with Gasteiger partial charge in [-0.05, 0) is 17.7 Å². The number of nitrogens with zero attached hydrogens (tertiary/aromatic N) is 1. The Kier molecular flexibility index (Phi) is 3.41. The van der Waals surface area contributed by atoms with E-state index >= 15 is 0 Å². The third kappa shape index (κ3) is 2.64. The van der Waals surface area contributed by atoms with Gasteiger partial charge in [0, 0.05) is 10.6 Å². The van der Waals surface area contributed by atoms with E-state index in [9.17, 15) is 4.79 Å². The second-order valence-electron chi connectivity index (χ2n) is 3.42. The van der Waals surface area contributed by atoms with Crippen molar-refractivity contribution in [3.05, 3.63) is 35.5 Å². The van der Waals surface area contributed by atoms with Gasteiger partial charge in [0.05, 0.1) is 12.7 Å². The van der Waals surface area contributed by atoms with E-state index in [1.54, 1.807) is 18.3 Å². The maximum absolute atomic E-state index is 11.2. The zero-order valence-corrected chi connectivity index (χ0v) is 9.66. The van der Waals surface area contributed by atoms with Gasteiger partial charge < -0.3 is 11.1 Å². The summed E-state index contributed by atoms with van der Waals surface area (Å²) in [7, 11) is 0. The molecule has 0 atom stereocenters. The van der Waals surface area contributed by atoms with Crippen LogP contribution in [0.3, 0.4) is 0 Å². The largest absolute Gasteiger partial charge is 0.322 e. The summed E-state index contributed by atoms with van der Waals surface area (Å²) in [5.41, 5.74) is 6.94. The number of benzene rings is 1. The minimum Gasteiger partial charge on any atom is -0.322 e. The van der Waals surface area contributed by atoms with E-state index in [1.165, 1.54) is 0 Å². The minimum atomic E-state index is -0.274. The molecule has 0 aliphatic carbocycles. The van der Waals surface area contributed by atoms with Crippen LogP contribution in [-0.2, 0) is 4.79 Å². The highest BCUT2D eigenvalue weighted by Gasteiger charge is 2.09. The van der Waals surface area contributed by atoms with Crippen LogP contribution in [-0.4, -0.2) is 22.6 Å². The Bertz CT molecular complexity index is 521. The minimum absolute atomic E-state index is 0.0704. The van der Waals surface area contributed by atoms with Crippen LogP contribution < -0.4 is 11.1 Å². The number of hydrogen-bond acceptors (Lipinski definition) is 3. The number of H-pyrrole nitrogens is 1. The topological polar surface area (TPSA) is 83.8 Å². The molecular weight excluding hydrogens is 240 g/mol. The normalized spacial score (nSPS) is 10.2. The summed E-state index contributed by atoms with van der Waals surface area (Å²) in [5.74, 6) is 0.257. The van der Waals surface area contributed by atoms with Crippen LogP contribution in [0.1, 0.15) is 0 Å². The number of aromatic amines is 1. The number of rotatable bonds is 3. The van der Waals surface area contributed by atoms with E-state index in [0.29, 0.717) is 10.8 Å². The molecule has 1 amide bonds. The molecule has 2 rings (SSSR count). The van der Waals surface area contributed by atoms with Crippen LogP contribution in [0.25, 0.3) is 11.1 Å². The molecule has 5 nitrogen and oxygen atoms in total. The molecule has 0 radical (unpaired) electrons. The molecule has 17 heavy (non-hydrogen) atoms. The van der Waals surface area contributed by atoms with Crippen molar-refractivity contribution in [3.8, 4) is 11.1 Å². The standard InChI is InChI=1S/C11H11ClN4O/c12-8-3-1-7(2-4-8)9-6-14-16-11(9)15-10(17)5-13/h1-4,6H,5,13H2,(H2,14,15,16,17). The van der Waals surface area contributed by atoms with Crippen molar-refractivity contribution in [2.24, 2.45) is 5.73 Å². The number of halogens is 1. The number of hydrogen-bond donors (Lipinski definition) is 3. The number of nitrogens with one attached hydrogen (secondary N) is 2. The van der Waals surface area contributed by atoms with Gasteiger partial charge in [-0.1, -0.05) is 23.7 Å². The molecule has 1 aromatic carbocycles. The third-order valence-electron chi connectivity index (χ3n) is 2.24. The summed E-state index contributed by atoms with van der Waals surface area (Å²) in [5, 5.41) is 9.90. The monoisotopic (exact) mass is 250 g/mol. The molecule has 0 bridgehead atoms. The van der Waals surface area contributed by atoms with Crippen molar-refractivity contribution in [2.75, 3.05) is 11.9 Å². The van der Waals surface area contributed by atoms with Crippen molar-refractivity contribution in [3.63, 3.8) is 0 Å². The first-order valence-corrected chi connectivity index (χ1v) is 5.37. The van der Waals surface area contributed by atoms with Crippen molar-refractivity contribution >= 4 is 23.3 Å². The lowest BCUT2D eigenvalue weighted by atomic mass is 10.1. The molecule has 2 aromatic rings. The number of amides is 1. The molecule has 0 fully saturated rings. The second kappa shape index (κ2) is 4.99. The molecule has 88 valence electrons. The molecule has 6 heteroatoms. The predicted octanol–water partition coefficient (Wildman–Crippen LogP) is 1.63. The summed E-state index contributed by atoms with van der Waals surface area (Å²) < 4.78 is 0. The predicted molar refractivity (Wildman–Crippen MR) is 66.7 cm³/mol. The Hall–Kier alpha value is -1.85. The van der Waals surface area contributed by atoms with Gasteiger partial charge in [-0.15, -0.1) is 0 Å². The number of anilines is 1. The fourth-order valence-electron chi connectivity index (χ4n) is 1.42. The average molecular weight is 251 g/mol. The molecule has 1 aromatic heterocycles. The molecular formula is C11H11ClN4O. The number of carbonyl (C=O) groups excluding carboxylic acids is 1. The van der Waals surface area contributed by atoms with Crippen LogP contribution >= 0.6 is 11.6 Å². The zero-order valence-electron chi connectivity index (χ0n) is 8.90. The summed E-state index contributed by atoms with van der Waals surface area (Å²) in [4.78, 5) is 11.2. The Morgan fingerprint density at radius 1 is 1.41 bits per heavy atom. The van der Waals surface area contributed by atoms with Crippen LogP contribution in [0.5, 0.6) is 0 Å². The van der Waals surface area contributed by atoms with E-state index in [4.69, 9.17) is 17.3 Å². The Morgan fingerprint density at radius 3 is 2.76 bits per heavy atom. The van der Waals surface area contributed by atoms with Crippen LogP contribution in [0.2, 0.25) is 5.02 Å². The highest BCUT2D eigenvalue weighted by molar-refractivity contribution is 6.30. The van der Waals surface area contributed by atoms with E-state index in [2.05, 4.69) is 15.5 Å². The molecule has 0 aliphatic rings. The van der Waals surface area contributed by atoms with Crippen molar-refractivity contribution in [1.29, 1.82) is 0 Å². The molecule has 0 unspecified atom stereocenters. The summed E-state index contributed by atoms with van der Waals surface area (Å²) >= 11 is 5.81. The van der Waals surface area contributed by atoms with E-state index in [0.717, 1.165) is 11.1 Å². The van der Waals surface area contributed by atoms with Gasteiger partial charge in [-0.3, -0.25) is 9.89 Å². The summed E-state index contributed by atoms with van der Waals surface area (Å²) in [6.45, 7) is -0.0704. The van der Waals surface area contributed by atoms with Gasteiger partial charge in [0.25, 0.3) is 0 Å². The zero-order chi connectivity index (χ0) is 12.3. The van der Waals surface area contributed by atoms with E-state index < -0.39 is 0 Å². The van der Waals surface area contributed by atoms with Crippen LogP contribution in [0.4, 0.5) is 5.82 Å². The first-order valence-electron chi connectivity index (χ1n) is 5.00. The van der Waals surface area contributed by atoms with Gasteiger partial charge in [-0.25, -0.2) is 0 Å². The fourth-order valence-corrected chi connectivity index (χ4v) is 1.55.